The Hall–Kier alpha value is -2.13. The molecular formula is C21H12Br3F9O3. The summed E-state index contributed by atoms with van der Waals surface area (Å²) < 4.78 is 117. The number of hydrogen-bond donors (Lipinski definition) is 0. The van der Waals surface area contributed by atoms with Crippen LogP contribution in [0.25, 0.3) is 0 Å². The van der Waals surface area contributed by atoms with Gasteiger partial charge in [0, 0.05) is 8.95 Å². The lowest BCUT2D eigenvalue weighted by Crippen LogP contribution is -2.17. The van der Waals surface area contributed by atoms with E-state index in [0.717, 1.165) is 0 Å². The molecule has 0 aliphatic heterocycles. The van der Waals surface area contributed by atoms with Crippen molar-refractivity contribution in [2.75, 3.05) is 0 Å². The Morgan fingerprint density at radius 3 is 1.44 bits per heavy atom. The van der Waals surface area contributed by atoms with Crippen LogP contribution in [-0.4, -0.2) is 19.1 Å². The third-order valence-corrected chi connectivity index (χ3v) is 4.82. The summed E-state index contributed by atoms with van der Waals surface area (Å²) in [5.41, 5.74) is 0. The molecule has 198 valence electrons. The monoisotopic (exact) mass is 720 g/mol. The largest absolute Gasteiger partial charge is 0.573 e. The Morgan fingerprint density at radius 2 is 0.972 bits per heavy atom. The van der Waals surface area contributed by atoms with Crippen molar-refractivity contribution in [3.8, 4) is 17.2 Å². The zero-order valence-corrected chi connectivity index (χ0v) is 21.9. The number of ether oxygens (including phenoxy) is 3. The Kier molecular flexibility index (Phi) is 12.4. The van der Waals surface area contributed by atoms with Crippen molar-refractivity contribution >= 4 is 47.8 Å². The van der Waals surface area contributed by atoms with Crippen molar-refractivity contribution in [3.05, 3.63) is 86.2 Å². The van der Waals surface area contributed by atoms with Crippen LogP contribution in [0.1, 0.15) is 0 Å². The lowest BCUT2D eigenvalue weighted by molar-refractivity contribution is -0.275. The summed E-state index contributed by atoms with van der Waals surface area (Å²) in [6.45, 7) is 0. The first-order chi connectivity index (χ1) is 16.4. The van der Waals surface area contributed by atoms with Gasteiger partial charge in [-0.15, -0.1) is 39.5 Å². The summed E-state index contributed by atoms with van der Waals surface area (Å²) >= 11 is 9.03. The first-order valence-electron chi connectivity index (χ1n) is 8.96. The minimum absolute atomic E-state index is 0.217. The molecule has 0 heterocycles. The fourth-order valence-electron chi connectivity index (χ4n) is 1.95. The molecular weight excluding hydrogens is 711 g/mol. The van der Waals surface area contributed by atoms with Crippen molar-refractivity contribution in [1.82, 2.24) is 0 Å². The highest BCUT2D eigenvalue weighted by Crippen LogP contribution is 2.29. The molecule has 0 amide bonds. The average Bonchev–Trinajstić information content (AvgIpc) is 2.69. The molecule has 0 aliphatic carbocycles. The maximum Gasteiger partial charge on any atom is 0.573 e. The molecule has 3 nitrogen and oxygen atoms in total. The molecule has 0 N–H and O–H groups in total. The Labute approximate surface area is 223 Å². The van der Waals surface area contributed by atoms with Crippen molar-refractivity contribution in [2.45, 2.75) is 19.1 Å². The summed E-state index contributed by atoms with van der Waals surface area (Å²) in [4.78, 5) is 0. The summed E-state index contributed by atoms with van der Waals surface area (Å²) in [7, 11) is 0. The molecule has 3 aromatic carbocycles. The molecule has 0 unspecified atom stereocenters. The van der Waals surface area contributed by atoms with Gasteiger partial charge in [-0.2, -0.15) is 0 Å². The van der Waals surface area contributed by atoms with Crippen LogP contribution >= 0.6 is 47.8 Å². The lowest BCUT2D eigenvalue weighted by Gasteiger charge is -2.09. The van der Waals surface area contributed by atoms with Gasteiger partial charge in [0.15, 0.2) is 0 Å². The van der Waals surface area contributed by atoms with Crippen LogP contribution in [0.5, 0.6) is 17.2 Å². The van der Waals surface area contributed by atoms with Gasteiger partial charge in [0.25, 0.3) is 0 Å². The molecule has 3 rings (SSSR count). The average molecular weight is 723 g/mol. The van der Waals surface area contributed by atoms with E-state index in [9.17, 15) is 39.5 Å². The zero-order valence-electron chi connectivity index (χ0n) is 17.2. The van der Waals surface area contributed by atoms with Gasteiger partial charge in [0.05, 0.1) is 4.47 Å². The Bertz CT molecular complexity index is 1070. The van der Waals surface area contributed by atoms with Gasteiger partial charge in [-0.25, -0.2) is 0 Å². The molecule has 0 aliphatic rings. The topological polar surface area (TPSA) is 27.7 Å². The molecule has 0 bridgehead atoms. The number of benzene rings is 3. The van der Waals surface area contributed by atoms with E-state index in [1.165, 1.54) is 60.7 Å². The number of para-hydroxylation sites is 1. The van der Waals surface area contributed by atoms with Crippen LogP contribution < -0.4 is 14.2 Å². The lowest BCUT2D eigenvalue weighted by atomic mass is 10.3. The SMILES string of the molecule is FC(F)(F)Oc1ccc(Br)cc1.FC(F)(F)Oc1cccc(Br)c1.FC(F)(F)Oc1ccccc1Br. The fourth-order valence-corrected chi connectivity index (χ4v) is 2.96. The van der Waals surface area contributed by atoms with Gasteiger partial charge in [-0.3, -0.25) is 0 Å². The Balaban J connectivity index is 0.000000270. The van der Waals surface area contributed by atoms with E-state index in [4.69, 9.17) is 0 Å². The Morgan fingerprint density at radius 1 is 0.472 bits per heavy atom. The molecule has 0 fully saturated rings. The molecule has 0 radical (unpaired) electrons. The van der Waals surface area contributed by atoms with Crippen molar-refractivity contribution < 1.29 is 53.7 Å². The molecule has 0 aromatic heterocycles. The number of halogens is 12. The first kappa shape index (κ1) is 31.9. The highest BCUT2D eigenvalue weighted by molar-refractivity contribution is 9.11. The smallest absolute Gasteiger partial charge is 0.406 e. The van der Waals surface area contributed by atoms with E-state index in [-0.39, 0.29) is 21.7 Å². The van der Waals surface area contributed by atoms with Gasteiger partial charge in [0.2, 0.25) is 0 Å². The van der Waals surface area contributed by atoms with Crippen LogP contribution in [0.15, 0.2) is 86.2 Å². The van der Waals surface area contributed by atoms with Gasteiger partial charge >= 0.3 is 19.1 Å². The van der Waals surface area contributed by atoms with Crippen molar-refractivity contribution in [3.63, 3.8) is 0 Å². The van der Waals surface area contributed by atoms with E-state index in [0.29, 0.717) is 8.95 Å². The predicted molar refractivity (Wildman–Crippen MR) is 122 cm³/mol. The van der Waals surface area contributed by atoms with Gasteiger partial charge in [-0.1, -0.05) is 50.1 Å². The second-order valence-corrected chi connectivity index (χ2v) is 8.67. The number of hydrogen-bond acceptors (Lipinski definition) is 3. The van der Waals surface area contributed by atoms with Gasteiger partial charge < -0.3 is 14.2 Å². The molecule has 3 aromatic rings. The van der Waals surface area contributed by atoms with E-state index in [1.807, 2.05) is 0 Å². The minimum Gasteiger partial charge on any atom is -0.406 e. The molecule has 36 heavy (non-hydrogen) atoms. The second-order valence-electron chi connectivity index (χ2n) is 5.99. The highest BCUT2D eigenvalue weighted by atomic mass is 79.9. The molecule has 15 heteroatoms. The van der Waals surface area contributed by atoms with Crippen molar-refractivity contribution in [2.24, 2.45) is 0 Å². The molecule has 0 atom stereocenters. The van der Waals surface area contributed by atoms with Crippen LogP contribution in [0.3, 0.4) is 0 Å². The van der Waals surface area contributed by atoms with Crippen LogP contribution in [-0.2, 0) is 0 Å². The van der Waals surface area contributed by atoms with Gasteiger partial charge in [-0.05, 0) is 70.5 Å². The third-order valence-electron chi connectivity index (χ3n) is 3.14. The summed E-state index contributed by atoms with van der Waals surface area (Å²) in [5.74, 6) is -0.674. The maximum atomic E-state index is 11.7. The third kappa shape index (κ3) is 15.8. The molecule has 0 saturated carbocycles. The van der Waals surface area contributed by atoms with Crippen LogP contribution in [0.2, 0.25) is 0 Å². The maximum absolute atomic E-state index is 11.7. The quantitative estimate of drug-likeness (QED) is 0.252. The van der Waals surface area contributed by atoms with Gasteiger partial charge in [0.1, 0.15) is 17.2 Å². The fraction of sp³-hybridized carbons (Fsp3) is 0.143. The van der Waals surface area contributed by atoms with Crippen LogP contribution in [0.4, 0.5) is 39.5 Å². The normalized spacial score (nSPS) is 11.3. The predicted octanol–water partition coefficient (Wildman–Crippen LogP) is 10.0. The second kappa shape index (κ2) is 14.0. The minimum atomic E-state index is -4.64. The number of rotatable bonds is 3. The van der Waals surface area contributed by atoms with Crippen LogP contribution in [0, 0.1) is 0 Å². The molecule has 0 spiro atoms. The van der Waals surface area contributed by atoms with Crippen molar-refractivity contribution in [1.29, 1.82) is 0 Å². The summed E-state index contributed by atoms with van der Waals surface area (Å²) in [6, 6.07) is 16.7. The summed E-state index contributed by atoms with van der Waals surface area (Å²) in [5, 5.41) is 0. The van der Waals surface area contributed by atoms with E-state index in [1.54, 1.807) is 12.1 Å². The highest BCUT2D eigenvalue weighted by Gasteiger charge is 2.32. The summed E-state index contributed by atoms with van der Waals surface area (Å²) in [6.07, 6.45) is -13.9. The van der Waals surface area contributed by atoms with E-state index < -0.39 is 19.1 Å². The first-order valence-corrected chi connectivity index (χ1v) is 11.3. The molecule has 0 saturated heterocycles. The number of alkyl halides is 9. The van der Waals surface area contributed by atoms with E-state index >= 15 is 0 Å². The standard InChI is InChI=1S/3C7H4BrF3O/c8-5-1-3-6(4-2-5)12-7(9,10)11;8-5-2-1-3-6(4-5)12-7(9,10)11;8-5-3-1-2-4-6(5)12-7(9,10)11/h3*1-4H. The zero-order chi connectivity index (χ0) is 27.6. The van der Waals surface area contributed by atoms with E-state index in [2.05, 4.69) is 62.0 Å².